The first-order valence-electron chi connectivity index (χ1n) is 9.18. The summed E-state index contributed by atoms with van der Waals surface area (Å²) in [6, 6.07) is 6.24. The van der Waals surface area contributed by atoms with E-state index in [1.54, 1.807) is 17.1 Å². The smallest absolute Gasteiger partial charge is 0.225 e. The van der Waals surface area contributed by atoms with Crippen molar-refractivity contribution in [2.45, 2.75) is 38.5 Å². The Morgan fingerprint density at radius 3 is 2.64 bits per heavy atom. The SMILES string of the molecule is O=C(C1CCCC1)N1CCC[C@H](C2=CN(c3ccc(F)cc3)NO2)C1. The molecule has 6 heteroatoms. The standard InChI is InChI=1S/C19H24FN3O2/c20-16-7-9-17(10-8-16)23-13-18(25-21-23)15-6-3-11-22(12-15)19(24)14-4-1-2-5-14/h7-10,13-15,21H,1-6,11-12H2/t15-/m0/s1. The molecule has 2 aliphatic heterocycles. The lowest BCUT2D eigenvalue weighted by Gasteiger charge is -2.34. The van der Waals surface area contributed by atoms with Gasteiger partial charge in [-0.2, -0.15) is 0 Å². The second-order valence-electron chi connectivity index (χ2n) is 7.18. The third kappa shape index (κ3) is 3.49. The number of carbonyl (C=O) groups excluding carboxylic acids is 1. The van der Waals surface area contributed by atoms with E-state index in [1.165, 1.54) is 25.0 Å². The van der Waals surface area contributed by atoms with Gasteiger partial charge < -0.3 is 9.74 Å². The average molecular weight is 345 g/mol. The van der Waals surface area contributed by atoms with Crippen molar-refractivity contribution in [2.24, 2.45) is 11.8 Å². The summed E-state index contributed by atoms with van der Waals surface area (Å²) in [5, 5.41) is 1.74. The first-order chi connectivity index (χ1) is 12.2. The molecule has 3 aliphatic rings. The molecule has 1 aromatic rings. The lowest BCUT2D eigenvalue weighted by molar-refractivity contribution is -0.137. The zero-order chi connectivity index (χ0) is 17.2. The van der Waals surface area contributed by atoms with E-state index in [1.807, 2.05) is 11.1 Å². The van der Waals surface area contributed by atoms with Gasteiger partial charge in [-0.25, -0.2) is 9.40 Å². The van der Waals surface area contributed by atoms with E-state index in [4.69, 9.17) is 4.84 Å². The molecule has 1 saturated heterocycles. The number of nitrogens with one attached hydrogen (secondary N) is 1. The molecule has 0 unspecified atom stereocenters. The Labute approximate surface area is 147 Å². The fraction of sp³-hybridized carbons (Fsp3) is 0.526. The predicted octanol–water partition coefficient (Wildman–Crippen LogP) is 3.35. The van der Waals surface area contributed by atoms with Crippen LogP contribution in [0, 0.1) is 17.7 Å². The maximum absolute atomic E-state index is 13.1. The molecule has 1 aliphatic carbocycles. The second-order valence-corrected chi connectivity index (χ2v) is 7.18. The number of amides is 1. The molecule has 5 nitrogen and oxygen atoms in total. The van der Waals surface area contributed by atoms with E-state index in [0.717, 1.165) is 50.2 Å². The molecule has 0 radical (unpaired) electrons. The summed E-state index contributed by atoms with van der Waals surface area (Å²) in [5.74, 6) is 1.34. The van der Waals surface area contributed by atoms with Crippen molar-refractivity contribution < 1.29 is 14.0 Å². The summed E-state index contributed by atoms with van der Waals surface area (Å²) in [7, 11) is 0. The van der Waals surface area contributed by atoms with Crippen LogP contribution in [0.4, 0.5) is 10.1 Å². The quantitative estimate of drug-likeness (QED) is 0.912. The summed E-state index contributed by atoms with van der Waals surface area (Å²) in [6.07, 6.45) is 8.36. The van der Waals surface area contributed by atoms with E-state index in [2.05, 4.69) is 5.59 Å². The van der Waals surface area contributed by atoms with Crippen molar-refractivity contribution in [3.05, 3.63) is 42.0 Å². The number of piperidine rings is 1. The van der Waals surface area contributed by atoms with Gasteiger partial charge in [-0.15, -0.1) is 0 Å². The van der Waals surface area contributed by atoms with Crippen molar-refractivity contribution in [3.63, 3.8) is 0 Å². The molecule has 1 aromatic carbocycles. The normalized spacial score (nSPS) is 24.4. The Morgan fingerprint density at radius 1 is 1.12 bits per heavy atom. The van der Waals surface area contributed by atoms with Gasteiger partial charge in [0.05, 0.1) is 11.9 Å². The molecule has 1 amide bonds. The number of likely N-dealkylation sites (tertiary alicyclic amines) is 1. The molecule has 0 aromatic heterocycles. The van der Waals surface area contributed by atoms with Crippen molar-refractivity contribution in [2.75, 3.05) is 18.1 Å². The number of rotatable bonds is 3. The Balaban J connectivity index is 1.41. The molecule has 1 atom stereocenters. The van der Waals surface area contributed by atoms with Crippen LogP contribution in [0.5, 0.6) is 0 Å². The number of anilines is 1. The van der Waals surface area contributed by atoms with Crippen LogP contribution in [0.3, 0.4) is 0 Å². The molecule has 0 bridgehead atoms. The van der Waals surface area contributed by atoms with Crippen molar-refractivity contribution >= 4 is 11.6 Å². The third-order valence-electron chi connectivity index (χ3n) is 5.46. The van der Waals surface area contributed by atoms with Crippen LogP contribution in [0.15, 0.2) is 36.2 Å². The number of hydrogen-bond acceptors (Lipinski definition) is 4. The number of nitrogens with zero attached hydrogens (tertiary/aromatic N) is 2. The first-order valence-corrected chi connectivity index (χ1v) is 9.18. The Kier molecular flexibility index (Phi) is 4.61. The highest BCUT2D eigenvalue weighted by Gasteiger charge is 2.33. The monoisotopic (exact) mass is 345 g/mol. The fourth-order valence-electron chi connectivity index (χ4n) is 4.04. The van der Waals surface area contributed by atoms with Gasteiger partial charge in [-0.05, 0) is 49.9 Å². The summed E-state index contributed by atoms with van der Waals surface area (Å²) in [6.45, 7) is 1.58. The zero-order valence-corrected chi connectivity index (χ0v) is 14.3. The van der Waals surface area contributed by atoms with Gasteiger partial charge in [-0.3, -0.25) is 4.79 Å². The molecule has 4 rings (SSSR count). The number of carbonyl (C=O) groups is 1. The van der Waals surface area contributed by atoms with Crippen molar-refractivity contribution in [1.29, 1.82) is 0 Å². The van der Waals surface area contributed by atoms with E-state index in [-0.39, 0.29) is 17.7 Å². The van der Waals surface area contributed by atoms with Gasteiger partial charge >= 0.3 is 0 Å². The molecule has 1 N–H and O–H groups in total. The molecule has 0 spiro atoms. The molecular formula is C19H24FN3O2. The molecule has 134 valence electrons. The number of halogens is 1. The van der Waals surface area contributed by atoms with Crippen LogP contribution in [-0.2, 0) is 9.63 Å². The second kappa shape index (κ2) is 7.04. The van der Waals surface area contributed by atoms with Crippen molar-refractivity contribution in [1.82, 2.24) is 10.5 Å². The van der Waals surface area contributed by atoms with Gasteiger partial charge in [0, 0.05) is 24.9 Å². The molecule has 2 fully saturated rings. The predicted molar refractivity (Wildman–Crippen MR) is 92.4 cm³/mol. The van der Waals surface area contributed by atoms with Gasteiger partial charge in [-0.1, -0.05) is 18.4 Å². The van der Waals surface area contributed by atoms with Gasteiger partial charge in [0.2, 0.25) is 5.91 Å². The summed E-state index contributed by atoms with van der Waals surface area (Å²) >= 11 is 0. The van der Waals surface area contributed by atoms with Gasteiger partial charge in [0.1, 0.15) is 11.6 Å². The maximum atomic E-state index is 13.1. The van der Waals surface area contributed by atoms with Crippen LogP contribution in [0.1, 0.15) is 38.5 Å². The topological polar surface area (TPSA) is 44.8 Å². The molecular weight excluding hydrogens is 321 g/mol. The molecule has 2 heterocycles. The lowest BCUT2D eigenvalue weighted by atomic mass is 9.94. The molecule has 25 heavy (non-hydrogen) atoms. The highest BCUT2D eigenvalue weighted by Crippen LogP contribution is 2.32. The van der Waals surface area contributed by atoms with E-state index < -0.39 is 0 Å². The van der Waals surface area contributed by atoms with Gasteiger partial charge in [0.25, 0.3) is 0 Å². The minimum atomic E-state index is -0.263. The van der Waals surface area contributed by atoms with Crippen LogP contribution in [-0.4, -0.2) is 23.9 Å². The van der Waals surface area contributed by atoms with Crippen LogP contribution in [0.2, 0.25) is 0 Å². The number of benzene rings is 1. The maximum Gasteiger partial charge on any atom is 0.225 e. The Bertz CT molecular complexity index is 655. The zero-order valence-electron chi connectivity index (χ0n) is 14.3. The van der Waals surface area contributed by atoms with Gasteiger partial charge in [0.15, 0.2) is 0 Å². The van der Waals surface area contributed by atoms with Crippen LogP contribution < -0.4 is 10.6 Å². The summed E-state index contributed by atoms with van der Waals surface area (Å²) in [4.78, 5) is 20.4. The summed E-state index contributed by atoms with van der Waals surface area (Å²) < 4.78 is 13.1. The number of hydrogen-bond donors (Lipinski definition) is 1. The van der Waals surface area contributed by atoms with E-state index in [0.29, 0.717) is 5.91 Å². The summed E-state index contributed by atoms with van der Waals surface area (Å²) in [5.41, 5.74) is 3.66. The Morgan fingerprint density at radius 2 is 1.88 bits per heavy atom. The van der Waals surface area contributed by atoms with E-state index >= 15 is 0 Å². The lowest BCUT2D eigenvalue weighted by Crippen LogP contribution is -2.43. The highest BCUT2D eigenvalue weighted by molar-refractivity contribution is 5.79. The Hall–Kier alpha value is -2.08. The van der Waals surface area contributed by atoms with Crippen molar-refractivity contribution in [3.8, 4) is 0 Å². The number of hydrazine groups is 1. The van der Waals surface area contributed by atoms with Crippen LogP contribution >= 0.6 is 0 Å². The van der Waals surface area contributed by atoms with Crippen LogP contribution in [0.25, 0.3) is 0 Å². The first kappa shape index (κ1) is 16.4. The fourth-order valence-corrected chi connectivity index (χ4v) is 4.04. The minimum Gasteiger partial charge on any atom is -0.391 e. The molecule has 1 saturated carbocycles. The largest absolute Gasteiger partial charge is 0.391 e. The minimum absolute atomic E-state index is 0.206. The average Bonchev–Trinajstić information content (AvgIpc) is 3.34. The highest BCUT2D eigenvalue weighted by atomic mass is 19.1. The van der Waals surface area contributed by atoms with E-state index in [9.17, 15) is 9.18 Å². The third-order valence-corrected chi connectivity index (χ3v) is 5.46.